The zero-order valence-corrected chi connectivity index (χ0v) is 6.85. The first kappa shape index (κ1) is 89.9. The molecule has 0 heterocycles. The van der Waals surface area contributed by atoms with E-state index in [-0.39, 0.29) is 63.2 Å². The Labute approximate surface area is 63.1 Å². The van der Waals surface area contributed by atoms with Gasteiger partial charge in [-0.1, -0.05) is 0 Å². The number of hydrogen-bond donors (Lipinski definition) is 0. The van der Waals surface area contributed by atoms with Gasteiger partial charge in [0, 0.05) is 6.15 Å². The van der Waals surface area contributed by atoms with E-state index in [0.717, 1.165) is 0 Å². The summed E-state index contributed by atoms with van der Waals surface area (Å²) < 4.78 is 0. The van der Waals surface area contributed by atoms with Gasteiger partial charge in [-0.2, -0.15) is 0 Å². The monoisotopic (exact) mass is 188 g/mol. The van der Waals surface area contributed by atoms with Crippen molar-refractivity contribution in [2.45, 2.75) is 0 Å². The minimum Gasteiger partial charge on any atom is -1.00 e. The summed E-state index contributed by atoms with van der Waals surface area (Å²) in [5.74, 6) is 0. The molecule has 0 amide bonds. The van der Waals surface area contributed by atoms with Crippen LogP contribution in [0.1, 0.15) is 0 Å². The van der Waals surface area contributed by atoms with Gasteiger partial charge in [0.2, 0.25) is 0 Å². The summed E-state index contributed by atoms with van der Waals surface area (Å²) >= 11 is 0. The van der Waals surface area contributed by atoms with Crippen LogP contribution in [-0.2, 0) is 0 Å². The van der Waals surface area contributed by atoms with Crippen molar-refractivity contribution in [1.29, 1.82) is 0 Å². The molecule has 0 atom stereocenters. The van der Waals surface area contributed by atoms with E-state index in [1.54, 1.807) is 0 Å². The van der Waals surface area contributed by atoms with E-state index in [1.807, 2.05) is 0 Å². The van der Waals surface area contributed by atoms with E-state index in [1.165, 1.54) is 0 Å². The first-order valence-corrected chi connectivity index (χ1v) is 0. The maximum absolute atomic E-state index is 0. The summed E-state index contributed by atoms with van der Waals surface area (Å²) in [5, 5.41) is 0. The summed E-state index contributed by atoms with van der Waals surface area (Å²) in [4.78, 5) is 0. The van der Waals surface area contributed by atoms with Gasteiger partial charge in [0.05, 0.1) is 0 Å². The van der Waals surface area contributed by atoms with Gasteiger partial charge < -0.3 is 37.2 Å². The minimum atomic E-state index is 0. The maximum atomic E-state index is 0. The molecule has 0 aliphatic heterocycles. The molecule has 0 spiro atoms. The topological polar surface area (TPSA) is 30.5 Å². The number of nitrogens with zero attached hydrogens (tertiary/aromatic N) is 1. The second kappa shape index (κ2) is 50.7. The zero-order chi connectivity index (χ0) is 0. The van der Waals surface area contributed by atoms with Crippen molar-refractivity contribution in [3.05, 3.63) is 0 Å². The van der Waals surface area contributed by atoms with Crippen LogP contribution in [-0.4, -0.2) is 19.8 Å². The Balaban J connectivity index is 0. The molecule has 0 aliphatic rings. The van der Waals surface area contributed by atoms with Crippen molar-refractivity contribution >= 4 is 19.8 Å². The summed E-state index contributed by atoms with van der Waals surface area (Å²) in [6, 6.07) is 0. The molecule has 0 unspecified atom stereocenters. The van der Waals surface area contributed by atoms with E-state index in [0.29, 0.717) is 0 Å². The van der Waals surface area contributed by atoms with Gasteiger partial charge >= 0.3 is 19.8 Å². The standard InChI is InChI=1S/3ClH.Ga.N/h3*1H;;/q;;;+3;/p-3. The van der Waals surface area contributed by atoms with E-state index in [9.17, 15) is 0 Å². The summed E-state index contributed by atoms with van der Waals surface area (Å²) in [5.41, 5.74) is 0. The quantitative estimate of drug-likeness (QED) is 0.340. The molecule has 0 bridgehead atoms. The van der Waals surface area contributed by atoms with Crippen molar-refractivity contribution in [3.8, 4) is 0 Å². The predicted molar refractivity (Wildman–Crippen MR) is 7.89 cm³/mol. The third kappa shape index (κ3) is 30.5. The van der Waals surface area contributed by atoms with Gasteiger partial charge in [-0.05, 0) is 0 Å². The average molecular weight is 190 g/mol. The fourth-order valence-corrected chi connectivity index (χ4v) is 0. The van der Waals surface area contributed by atoms with E-state index >= 15 is 0 Å². The third-order valence-electron chi connectivity index (χ3n) is 0. The average Bonchev–Trinajstić information content (AvgIpc) is 0. The van der Waals surface area contributed by atoms with Gasteiger partial charge in [-0.25, -0.2) is 0 Å². The minimum absolute atomic E-state index is 0. The van der Waals surface area contributed by atoms with Gasteiger partial charge in [-0.15, -0.1) is 0 Å². The van der Waals surface area contributed by atoms with Crippen LogP contribution in [0.25, 0.3) is 0 Å². The molecule has 0 rings (SSSR count). The summed E-state index contributed by atoms with van der Waals surface area (Å²) in [7, 11) is 0. The molecular weight excluding hydrogens is 190 g/mol. The van der Waals surface area contributed by atoms with Gasteiger partial charge in [0.1, 0.15) is 0 Å². The first-order valence-electron chi connectivity index (χ1n) is 0. The van der Waals surface area contributed by atoms with Crippen molar-refractivity contribution < 1.29 is 37.2 Å². The fourth-order valence-electron chi connectivity index (χ4n) is 0. The molecule has 29 valence electrons. The molecule has 0 aromatic carbocycles. The molecule has 0 saturated heterocycles. The fraction of sp³-hybridized carbons (Fsp3) is 0. The van der Waals surface area contributed by atoms with Gasteiger partial charge in [0.25, 0.3) is 0 Å². The van der Waals surface area contributed by atoms with Crippen molar-refractivity contribution in [3.63, 3.8) is 0 Å². The van der Waals surface area contributed by atoms with Crippen LogP contribution < -0.4 is 43.4 Å². The third-order valence-corrected chi connectivity index (χ3v) is 0. The maximum Gasteiger partial charge on any atom is 3.00 e. The van der Waals surface area contributed by atoms with E-state index < -0.39 is 0 Å². The number of hydrogen-bond acceptors (Lipinski definition) is 0. The van der Waals surface area contributed by atoms with Crippen LogP contribution in [0.15, 0.2) is 0 Å². The first-order chi connectivity index (χ1) is 0. The Bertz CT molecular complexity index is 6.85. The molecule has 0 aromatic rings. The van der Waals surface area contributed by atoms with Crippen LogP contribution in [0.5, 0.6) is 0 Å². The van der Waals surface area contributed by atoms with E-state index in [4.69, 9.17) is 0 Å². The second-order valence-corrected chi connectivity index (χ2v) is 0. The molecule has 0 aromatic heterocycles. The Morgan fingerprint density at radius 3 is 0.600 bits per heavy atom. The van der Waals surface area contributed by atoms with Crippen LogP contribution in [0.4, 0.5) is 0 Å². The summed E-state index contributed by atoms with van der Waals surface area (Å²) in [6.07, 6.45) is 0. The van der Waals surface area contributed by atoms with Crippen LogP contribution in [0.2, 0.25) is 0 Å². The molecular formula is Cl3GaN. The van der Waals surface area contributed by atoms with Crippen molar-refractivity contribution in [2.75, 3.05) is 0 Å². The Kier molecular flexibility index (Phi) is 911. The zero-order valence-electron chi connectivity index (χ0n) is 2.16. The van der Waals surface area contributed by atoms with Crippen molar-refractivity contribution in [2.24, 2.45) is 0 Å². The second-order valence-electron chi connectivity index (χ2n) is 0. The van der Waals surface area contributed by atoms with Crippen LogP contribution >= 0.6 is 0 Å². The largest absolute Gasteiger partial charge is 3.00 e. The molecule has 0 N–H and O–H groups in total. The molecule has 5 heavy (non-hydrogen) atoms. The van der Waals surface area contributed by atoms with Gasteiger partial charge in [0.15, 0.2) is 0 Å². The SMILES string of the molecule is [Cl-].[Cl-].[Cl-].[Ga+3].[N]. The van der Waals surface area contributed by atoms with Crippen LogP contribution in [0, 0.1) is 0 Å². The number of rotatable bonds is 0. The van der Waals surface area contributed by atoms with Gasteiger partial charge in [-0.3, -0.25) is 0 Å². The van der Waals surface area contributed by atoms with Crippen LogP contribution in [0.3, 0.4) is 0 Å². The van der Waals surface area contributed by atoms with Crippen molar-refractivity contribution in [1.82, 2.24) is 6.15 Å². The Morgan fingerprint density at radius 2 is 0.600 bits per heavy atom. The molecule has 0 saturated carbocycles. The predicted octanol–water partition coefficient (Wildman–Crippen LogP) is -9.85. The molecule has 3 radical (unpaired) electrons. The Hall–Kier alpha value is 1.47. The molecule has 1 nitrogen and oxygen atoms in total. The normalized spacial score (nSPS) is 0. The molecule has 5 heteroatoms. The molecule has 0 fully saturated rings. The summed E-state index contributed by atoms with van der Waals surface area (Å²) in [6.45, 7) is 0. The smallest absolute Gasteiger partial charge is 1.00 e. The van der Waals surface area contributed by atoms with E-state index in [2.05, 4.69) is 0 Å². The molecule has 0 aliphatic carbocycles. The number of halogens is 3. The Morgan fingerprint density at radius 1 is 0.600 bits per heavy atom.